The highest BCUT2D eigenvalue weighted by atomic mass is 16.3. The molecule has 2 heteroatoms. The molecular weight excluding hydrogens is 272 g/mol. The molecule has 1 aromatic carbocycles. The van der Waals surface area contributed by atoms with Crippen molar-refractivity contribution in [3.8, 4) is 5.75 Å². The molecule has 22 heavy (non-hydrogen) atoms. The van der Waals surface area contributed by atoms with Crippen molar-refractivity contribution in [2.75, 3.05) is 0 Å². The Morgan fingerprint density at radius 1 is 1.09 bits per heavy atom. The number of phenols is 1. The second-order valence-electron chi connectivity index (χ2n) is 8.00. The van der Waals surface area contributed by atoms with Crippen molar-refractivity contribution < 1.29 is 10.2 Å². The van der Waals surface area contributed by atoms with E-state index in [9.17, 15) is 10.2 Å². The number of aliphatic hydroxyl groups excluding tert-OH is 1. The van der Waals surface area contributed by atoms with Crippen LogP contribution in [0.25, 0.3) is 0 Å². The monoisotopic (exact) mass is 304 g/mol. The first-order chi connectivity index (χ1) is 10.2. The van der Waals surface area contributed by atoms with Crippen LogP contribution >= 0.6 is 0 Å². The lowest BCUT2D eigenvalue weighted by Crippen LogP contribution is -2.39. The molecular formula is C20H32O2. The summed E-state index contributed by atoms with van der Waals surface area (Å²) in [5.74, 6) is 2.22. The SMILES string of the molecule is Cc1cc(C)c(O)c(C(C(C)C)C2CC(C)CC(C)C2O)c1. The van der Waals surface area contributed by atoms with Gasteiger partial charge in [-0.05, 0) is 67.4 Å². The Hall–Kier alpha value is -1.02. The van der Waals surface area contributed by atoms with Gasteiger partial charge in [-0.3, -0.25) is 0 Å². The number of aromatic hydroxyl groups is 1. The molecule has 5 unspecified atom stereocenters. The molecule has 5 atom stereocenters. The first kappa shape index (κ1) is 17.3. The summed E-state index contributed by atoms with van der Waals surface area (Å²) in [6, 6.07) is 4.14. The summed E-state index contributed by atoms with van der Waals surface area (Å²) < 4.78 is 0. The zero-order valence-corrected chi connectivity index (χ0v) is 14.9. The number of benzene rings is 1. The van der Waals surface area contributed by atoms with Crippen LogP contribution in [-0.2, 0) is 0 Å². The molecule has 0 spiro atoms. The third-order valence-electron chi connectivity index (χ3n) is 5.48. The van der Waals surface area contributed by atoms with E-state index in [1.165, 1.54) is 5.56 Å². The quantitative estimate of drug-likeness (QED) is 0.842. The van der Waals surface area contributed by atoms with E-state index >= 15 is 0 Å². The minimum Gasteiger partial charge on any atom is -0.507 e. The lowest BCUT2D eigenvalue weighted by atomic mass is 9.65. The summed E-state index contributed by atoms with van der Waals surface area (Å²) in [7, 11) is 0. The van der Waals surface area contributed by atoms with E-state index in [1.54, 1.807) is 0 Å². The van der Waals surface area contributed by atoms with Crippen molar-refractivity contribution in [1.29, 1.82) is 0 Å². The normalized spacial score (nSPS) is 30.5. The third kappa shape index (κ3) is 3.32. The number of hydrogen-bond donors (Lipinski definition) is 2. The molecule has 2 rings (SSSR count). The molecule has 0 bridgehead atoms. The largest absolute Gasteiger partial charge is 0.507 e. The van der Waals surface area contributed by atoms with Gasteiger partial charge in [-0.2, -0.15) is 0 Å². The predicted octanol–water partition coefficient (Wildman–Crippen LogP) is 4.79. The van der Waals surface area contributed by atoms with Gasteiger partial charge in [0.15, 0.2) is 0 Å². The van der Waals surface area contributed by atoms with Crippen molar-refractivity contribution in [1.82, 2.24) is 0 Å². The van der Waals surface area contributed by atoms with Crippen LogP contribution in [0.4, 0.5) is 0 Å². The molecule has 2 nitrogen and oxygen atoms in total. The molecule has 1 aliphatic carbocycles. The average molecular weight is 304 g/mol. The van der Waals surface area contributed by atoms with E-state index in [4.69, 9.17) is 0 Å². The van der Waals surface area contributed by atoms with Gasteiger partial charge < -0.3 is 10.2 Å². The van der Waals surface area contributed by atoms with Gasteiger partial charge in [0.1, 0.15) is 5.75 Å². The number of hydrogen-bond acceptors (Lipinski definition) is 2. The summed E-state index contributed by atoms with van der Waals surface area (Å²) in [6.07, 6.45) is 1.87. The Balaban J connectivity index is 2.47. The first-order valence-corrected chi connectivity index (χ1v) is 8.70. The van der Waals surface area contributed by atoms with Crippen LogP contribution in [-0.4, -0.2) is 16.3 Å². The van der Waals surface area contributed by atoms with Gasteiger partial charge in [-0.1, -0.05) is 45.4 Å². The second-order valence-corrected chi connectivity index (χ2v) is 8.00. The number of aliphatic hydroxyl groups is 1. The summed E-state index contributed by atoms with van der Waals surface area (Å²) in [5.41, 5.74) is 3.15. The van der Waals surface area contributed by atoms with Crippen LogP contribution in [0.2, 0.25) is 0 Å². The van der Waals surface area contributed by atoms with Gasteiger partial charge in [0, 0.05) is 0 Å². The van der Waals surface area contributed by atoms with Crippen molar-refractivity contribution in [3.63, 3.8) is 0 Å². The van der Waals surface area contributed by atoms with Crippen molar-refractivity contribution in [2.24, 2.45) is 23.7 Å². The second kappa shape index (κ2) is 6.62. The van der Waals surface area contributed by atoms with Gasteiger partial charge in [0.05, 0.1) is 6.10 Å². The maximum Gasteiger partial charge on any atom is 0.121 e. The minimum absolute atomic E-state index is 0.207. The van der Waals surface area contributed by atoms with E-state index in [0.717, 1.165) is 24.0 Å². The Bertz CT molecular complexity index is 521. The van der Waals surface area contributed by atoms with E-state index in [0.29, 0.717) is 23.5 Å². The molecule has 0 heterocycles. The maximum absolute atomic E-state index is 10.8. The lowest BCUT2D eigenvalue weighted by Gasteiger charge is -2.42. The first-order valence-electron chi connectivity index (χ1n) is 8.70. The van der Waals surface area contributed by atoms with Crippen molar-refractivity contribution in [2.45, 2.75) is 66.4 Å². The standard InChI is InChI=1S/C20H32O2/c1-11(2)18(16-9-12(3)7-14(5)19(16)21)17-10-13(4)8-15(6)20(17)22/h7,9,11,13,15,17-18,20-22H,8,10H2,1-6H3. The van der Waals surface area contributed by atoms with E-state index in [1.807, 2.05) is 13.0 Å². The van der Waals surface area contributed by atoms with Gasteiger partial charge in [0.2, 0.25) is 0 Å². The molecule has 1 fully saturated rings. The van der Waals surface area contributed by atoms with Gasteiger partial charge in [-0.15, -0.1) is 0 Å². The van der Waals surface area contributed by atoms with Crippen molar-refractivity contribution >= 4 is 0 Å². The van der Waals surface area contributed by atoms with Crippen LogP contribution in [0.3, 0.4) is 0 Å². The van der Waals surface area contributed by atoms with Crippen LogP contribution in [0, 0.1) is 37.5 Å². The van der Waals surface area contributed by atoms with Crippen LogP contribution in [0.1, 0.15) is 63.1 Å². The van der Waals surface area contributed by atoms with Crippen molar-refractivity contribution in [3.05, 3.63) is 28.8 Å². The highest BCUT2D eigenvalue weighted by Crippen LogP contribution is 2.47. The maximum atomic E-state index is 10.8. The Labute approximate surface area is 135 Å². The smallest absolute Gasteiger partial charge is 0.121 e. The van der Waals surface area contributed by atoms with E-state index in [2.05, 4.69) is 40.7 Å². The van der Waals surface area contributed by atoms with Gasteiger partial charge >= 0.3 is 0 Å². The highest BCUT2D eigenvalue weighted by Gasteiger charge is 2.40. The number of phenolic OH excluding ortho intramolecular Hbond substituents is 1. The summed E-state index contributed by atoms with van der Waals surface area (Å²) in [4.78, 5) is 0. The predicted molar refractivity (Wildman–Crippen MR) is 92.2 cm³/mol. The lowest BCUT2D eigenvalue weighted by molar-refractivity contribution is -0.0122. The minimum atomic E-state index is -0.274. The molecule has 1 saturated carbocycles. The molecule has 2 N–H and O–H groups in total. The summed E-state index contributed by atoms with van der Waals surface area (Å²) in [6.45, 7) is 12.9. The van der Waals surface area contributed by atoms with Gasteiger partial charge in [0.25, 0.3) is 0 Å². The summed E-state index contributed by atoms with van der Waals surface area (Å²) >= 11 is 0. The molecule has 0 saturated heterocycles. The molecule has 0 radical (unpaired) electrons. The topological polar surface area (TPSA) is 40.5 Å². The van der Waals surface area contributed by atoms with Gasteiger partial charge in [-0.25, -0.2) is 0 Å². The molecule has 124 valence electrons. The van der Waals surface area contributed by atoms with E-state index in [-0.39, 0.29) is 17.9 Å². The average Bonchev–Trinajstić information content (AvgIpc) is 2.40. The molecule has 0 amide bonds. The Kier molecular flexibility index (Phi) is 5.21. The molecule has 1 aromatic rings. The fourth-order valence-corrected chi connectivity index (χ4v) is 4.59. The molecule has 0 aliphatic heterocycles. The third-order valence-corrected chi connectivity index (χ3v) is 5.48. The Morgan fingerprint density at radius 2 is 1.73 bits per heavy atom. The van der Waals surface area contributed by atoms with Crippen LogP contribution in [0.5, 0.6) is 5.75 Å². The fraction of sp³-hybridized carbons (Fsp3) is 0.700. The number of aryl methyl sites for hydroxylation is 2. The number of rotatable bonds is 3. The molecule has 1 aliphatic rings. The molecule has 0 aromatic heterocycles. The fourth-order valence-electron chi connectivity index (χ4n) is 4.59. The highest BCUT2D eigenvalue weighted by molar-refractivity contribution is 5.45. The van der Waals surface area contributed by atoms with E-state index < -0.39 is 0 Å². The Morgan fingerprint density at radius 3 is 2.32 bits per heavy atom. The van der Waals surface area contributed by atoms with Crippen LogP contribution < -0.4 is 0 Å². The van der Waals surface area contributed by atoms with Crippen LogP contribution in [0.15, 0.2) is 12.1 Å². The summed E-state index contributed by atoms with van der Waals surface area (Å²) in [5, 5.41) is 21.4. The zero-order chi connectivity index (χ0) is 16.6. The zero-order valence-electron chi connectivity index (χ0n) is 14.9.